The van der Waals surface area contributed by atoms with Crippen molar-refractivity contribution in [3.8, 4) is 5.75 Å². The average molecular weight is 374 g/mol. The molecule has 0 spiro atoms. The first kappa shape index (κ1) is 13.1. The second-order valence-corrected chi connectivity index (χ2v) is 5.17. The molecular weight excluding hydrogens is 364 g/mol. The summed E-state index contributed by atoms with van der Waals surface area (Å²) in [6, 6.07) is 7.22. The van der Waals surface area contributed by atoms with Crippen molar-refractivity contribution in [2.75, 3.05) is 18.2 Å². The molecule has 1 heterocycles. The molecule has 1 aromatic heterocycles. The minimum absolute atomic E-state index is 0.390. The molecule has 2 aromatic rings. The van der Waals surface area contributed by atoms with E-state index in [0.717, 1.165) is 15.9 Å². The fourth-order valence-electron chi connectivity index (χ4n) is 1.37. The Morgan fingerprint density at radius 3 is 2.61 bits per heavy atom. The lowest BCUT2D eigenvalue weighted by Gasteiger charge is -2.08. The monoisotopic (exact) mass is 372 g/mol. The van der Waals surface area contributed by atoms with E-state index < -0.39 is 0 Å². The third-order valence-corrected chi connectivity index (χ3v) is 2.94. The van der Waals surface area contributed by atoms with Crippen LogP contribution in [-0.4, -0.2) is 17.1 Å². The molecule has 0 atom stereocenters. The predicted octanol–water partition coefficient (Wildman–Crippen LogP) is 3.34. The molecule has 0 radical (unpaired) electrons. The first-order valence-corrected chi connectivity index (χ1v) is 6.57. The van der Waals surface area contributed by atoms with Gasteiger partial charge in [0.1, 0.15) is 16.2 Å². The Bertz CT molecular complexity index is 557. The summed E-state index contributed by atoms with van der Waals surface area (Å²) >= 11 is 6.67. The van der Waals surface area contributed by atoms with E-state index >= 15 is 0 Å². The van der Waals surface area contributed by atoms with Crippen molar-refractivity contribution < 1.29 is 4.74 Å². The van der Waals surface area contributed by atoms with Gasteiger partial charge in [-0.25, -0.2) is 4.98 Å². The van der Waals surface area contributed by atoms with Gasteiger partial charge < -0.3 is 15.8 Å². The number of hydrogen-bond donors (Lipinski definition) is 2. The van der Waals surface area contributed by atoms with Gasteiger partial charge in [0.25, 0.3) is 0 Å². The van der Waals surface area contributed by atoms with Crippen molar-refractivity contribution in [2.24, 2.45) is 0 Å². The minimum Gasteiger partial charge on any atom is -0.497 e. The van der Waals surface area contributed by atoms with Crippen LogP contribution in [0.1, 0.15) is 0 Å². The predicted molar refractivity (Wildman–Crippen MR) is 78.1 cm³/mol. The molecule has 18 heavy (non-hydrogen) atoms. The maximum atomic E-state index is 5.64. The largest absolute Gasteiger partial charge is 0.497 e. The van der Waals surface area contributed by atoms with Crippen LogP contribution in [0.15, 0.2) is 33.3 Å². The summed E-state index contributed by atoms with van der Waals surface area (Å²) in [7, 11) is 1.61. The van der Waals surface area contributed by atoms with Crippen molar-refractivity contribution in [1.29, 1.82) is 0 Å². The van der Waals surface area contributed by atoms with Gasteiger partial charge in [-0.1, -0.05) is 15.9 Å². The molecule has 3 N–H and O–H groups in total. The number of aromatic nitrogens is 2. The molecule has 2 rings (SSSR count). The van der Waals surface area contributed by atoms with Crippen LogP contribution >= 0.6 is 31.9 Å². The van der Waals surface area contributed by atoms with Crippen molar-refractivity contribution in [3.05, 3.63) is 33.3 Å². The Labute approximate surface area is 121 Å². The van der Waals surface area contributed by atoms with E-state index in [0.29, 0.717) is 16.4 Å². The van der Waals surface area contributed by atoms with Crippen LogP contribution in [0, 0.1) is 0 Å². The highest BCUT2D eigenvalue weighted by Gasteiger charge is 2.04. The van der Waals surface area contributed by atoms with Crippen molar-refractivity contribution in [3.63, 3.8) is 0 Å². The Morgan fingerprint density at radius 2 is 1.94 bits per heavy atom. The number of methoxy groups -OCH3 is 1. The number of anilines is 3. The number of nitrogens with zero attached hydrogens (tertiary/aromatic N) is 2. The molecule has 0 aliphatic rings. The van der Waals surface area contributed by atoms with Gasteiger partial charge in [-0.2, -0.15) is 4.98 Å². The van der Waals surface area contributed by atoms with Gasteiger partial charge in [0.2, 0.25) is 5.95 Å². The summed E-state index contributed by atoms with van der Waals surface area (Å²) in [5.74, 6) is 1.54. The molecule has 0 saturated heterocycles. The first-order chi connectivity index (χ1) is 8.56. The minimum atomic E-state index is 0.390. The van der Waals surface area contributed by atoms with Crippen LogP contribution in [0.3, 0.4) is 0 Å². The van der Waals surface area contributed by atoms with Crippen molar-refractivity contribution in [2.45, 2.75) is 0 Å². The number of nitrogen functional groups attached to an aromatic ring is 1. The summed E-state index contributed by atoms with van der Waals surface area (Å²) in [6.45, 7) is 0. The van der Waals surface area contributed by atoms with Gasteiger partial charge in [-0.3, -0.25) is 0 Å². The normalized spacial score (nSPS) is 10.2. The van der Waals surface area contributed by atoms with Crippen LogP contribution < -0.4 is 15.8 Å². The molecule has 0 saturated carbocycles. The molecular formula is C11H10Br2N4O. The second kappa shape index (κ2) is 5.53. The number of hydrogen-bond acceptors (Lipinski definition) is 5. The topological polar surface area (TPSA) is 73.1 Å². The van der Waals surface area contributed by atoms with Crippen LogP contribution in [0.4, 0.5) is 17.5 Å². The van der Waals surface area contributed by atoms with Crippen LogP contribution in [0.2, 0.25) is 0 Å². The smallest absolute Gasteiger partial charge is 0.230 e. The standard InChI is InChI=1S/C11H10Br2N4O/c1-18-8-3-6(12)2-7(4-8)15-11-16-9(13)5-10(14)17-11/h2-5H,1H3,(H3,14,15,16,17). The van der Waals surface area contributed by atoms with Crippen molar-refractivity contribution in [1.82, 2.24) is 9.97 Å². The highest BCUT2D eigenvalue weighted by Crippen LogP contribution is 2.26. The molecule has 5 nitrogen and oxygen atoms in total. The fraction of sp³-hybridized carbons (Fsp3) is 0.0909. The Kier molecular flexibility index (Phi) is 4.03. The number of nitrogens with two attached hydrogens (primary N) is 1. The molecule has 94 valence electrons. The zero-order chi connectivity index (χ0) is 13.1. The number of rotatable bonds is 3. The average Bonchev–Trinajstić information content (AvgIpc) is 2.26. The van der Waals surface area contributed by atoms with Crippen LogP contribution in [0.25, 0.3) is 0 Å². The summed E-state index contributed by atoms with van der Waals surface area (Å²) in [6.07, 6.45) is 0. The molecule has 7 heteroatoms. The number of nitrogens with one attached hydrogen (secondary N) is 1. The molecule has 0 amide bonds. The van der Waals surface area contributed by atoms with E-state index in [1.807, 2.05) is 18.2 Å². The van der Waals surface area contributed by atoms with Crippen LogP contribution in [-0.2, 0) is 0 Å². The van der Waals surface area contributed by atoms with Gasteiger partial charge in [0, 0.05) is 22.3 Å². The molecule has 0 aliphatic heterocycles. The Morgan fingerprint density at radius 1 is 1.17 bits per heavy atom. The highest BCUT2D eigenvalue weighted by atomic mass is 79.9. The third-order valence-electron chi connectivity index (χ3n) is 2.08. The highest BCUT2D eigenvalue weighted by molar-refractivity contribution is 9.10. The molecule has 0 fully saturated rings. The zero-order valence-corrected chi connectivity index (χ0v) is 12.6. The summed E-state index contributed by atoms with van der Waals surface area (Å²) < 4.78 is 6.70. The quantitative estimate of drug-likeness (QED) is 0.807. The Hall–Kier alpha value is -1.34. The van der Waals surface area contributed by atoms with E-state index in [9.17, 15) is 0 Å². The number of benzene rings is 1. The lowest BCUT2D eigenvalue weighted by Crippen LogP contribution is -2.00. The summed E-state index contributed by atoms with van der Waals surface area (Å²) in [4.78, 5) is 8.26. The Balaban J connectivity index is 2.30. The summed E-state index contributed by atoms with van der Waals surface area (Å²) in [5.41, 5.74) is 6.45. The molecule has 0 unspecified atom stereocenters. The molecule has 1 aromatic carbocycles. The van der Waals surface area contributed by atoms with Crippen LogP contribution in [0.5, 0.6) is 5.75 Å². The van der Waals surface area contributed by atoms with Gasteiger partial charge in [0.05, 0.1) is 7.11 Å². The SMILES string of the molecule is COc1cc(Br)cc(Nc2nc(N)cc(Br)n2)c1. The molecule has 0 aliphatic carbocycles. The van der Waals surface area contributed by atoms with E-state index in [2.05, 4.69) is 47.1 Å². The van der Waals surface area contributed by atoms with E-state index in [4.69, 9.17) is 10.5 Å². The van der Waals surface area contributed by atoms with Gasteiger partial charge >= 0.3 is 0 Å². The van der Waals surface area contributed by atoms with E-state index in [1.54, 1.807) is 13.2 Å². The van der Waals surface area contributed by atoms with E-state index in [1.165, 1.54) is 0 Å². The van der Waals surface area contributed by atoms with Gasteiger partial charge in [-0.05, 0) is 28.1 Å². The lowest BCUT2D eigenvalue weighted by molar-refractivity contribution is 0.415. The van der Waals surface area contributed by atoms with E-state index in [-0.39, 0.29) is 0 Å². The maximum absolute atomic E-state index is 5.64. The first-order valence-electron chi connectivity index (χ1n) is 4.98. The van der Waals surface area contributed by atoms with Crippen molar-refractivity contribution >= 4 is 49.3 Å². The van der Waals surface area contributed by atoms with Gasteiger partial charge in [0.15, 0.2) is 0 Å². The molecule has 0 bridgehead atoms. The maximum Gasteiger partial charge on any atom is 0.230 e. The zero-order valence-electron chi connectivity index (χ0n) is 9.45. The lowest BCUT2D eigenvalue weighted by atomic mass is 10.3. The second-order valence-electron chi connectivity index (χ2n) is 3.44. The van der Waals surface area contributed by atoms with Gasteiger partial charge in [-0.15, -0.1) is 0 Å². The third kappa shape index (κ3) is 3.33. The number of ether oxygens (including phenoxy) is 1. The number of halogens is 2. The fourth-order valence-corrected chi connectivity index (χ4v) is 2.25. The summed E-state index contributed by atoms with van der Waals surface area (Å²) in [5, 5.41) is 3.06.